The van der Waals surface area contributed by atoms with Crippen LogP contribution in [0.15, 0.2) is 17.5 Å². The van der Waals surface area contributed by atoms with Crippen molar-refractivity contribution in [2.45, 2.75) is 13.3 Å². The Morgan fingerprint density at radius 3 is 2.90 bits per heavy atom. The minimum Gasteiger partial charge on any atom is -0.369 e. The number of thiophene rings is 1. The lowest BCUT2D eigenvalue weighted by Gasteiger charge is -2.14. The summed E-state index contributed by atoms with van der Waals surface area (Å²) in [6.07, 6.45) is 0.650. The van der Waals surface area contributed by atoms with Gasteiger partial charge in [-0.15, -0.1) is 22.7 Å². The Kier molecular flexibility index (Phi) is 3.77. The summed E-state index contributed by atoms with van der Waals surface area (Å²) < 4.78 is 0. The molecule has 2 N–H and O–H groups in total. The van der Waals surface area contributed by atoms with E-state index in [1.165, 1.54) is 11.3 Å². The lowest BCUT2D eigenvalue weighted by molar-refractivity contribution is -0.121. The quantitative estimate of drug-likeness (QED) is 0.941. The van der Waals surface area contributed by atoms with Crippen LogP contribution in [0.3, 0.4) is 0 Å². The second-order valence-electron chi connectivity index (χ2n) is 5.05. The van der Waals surface area contributed by atoms with Gasteiger partial charge in [0.25, 0.3) is 5.91 Å². The van der Waals surface area contributed by atoms with E-state index in [2.05, 4.69) is 4.98 Å². The standard InChI is InChI=1S/C14H15N3O2S2/c1-8-11(21-13(16-8)10-3-2-6-20-10)14(19)17-5-4-9(7-17)12(15)18/h2-3,6,9H,4-5,7H2,1H3,(H2,15,18). The van der Waals surface area contributed by atoms with E-state index in [-0.39, 0.29) is 17.7 Å². The predicted molar refractivity (Wildman–Crippen MR) is 83.4 cm³/mol. The van der Waals surface area contributed by atoms with E-state index in [9.17, 15) is 9.59 Å². The molecule has 0 saturated carbocycles. The van der Waals surface area contributed by atoms with Gasteiger partial charge in [0, 0.05) is 13.1 Å². The molecule has 1 unspecified atom stereocenters. The molecule has 5 nitrogen and oxygen atoms in total. The summed E-state index contributed by atoms with van der Waals surface area (Å²) in [6, 6.07) is 3.96. The molecule has 0 aromatic carbocycles. The Balaban J connectivity index is 1.81. The van der Waals surface area contributed by atoms with Gasteiger partial charge in [-0.05, 0) is 24.8 Å². The zero-order chi connectivity index (χ0) is 15.0. The number of carbonyl (C=O) groups is 2. The number of nitrogens with two attached hydrogens (primary N) is 1. The van der Waals surface area contributed by atoms with Crippen molar-refractivity contribution < 1.29 is 9.59 Å². The van der Waals surface area contributed by atoms with Crippen molar-refractivity contribution in [3.63, 3.8) is 0 Å². The number of carbonyl (C=O) groups excluding carboxylic acids is 2. The van der Waals surface area contributed by atoms with Crippen LogP contribution in [0.25, 0.3) is 9.88 Å². The molecule has 0 aliphatic carbocycles. The first-order valence-corrected chi connectivity index (χ1v) is 8.35. The zero-order valence-corrected chi connectivity index (χ0v) is 13.2. The molecule has 2 aromatic rings. The average molecular weight is 321 g/mol. The number of thiazole rings is 1. The van der Waals surface area contributed by atoms with E-state index in [4.69, 9.17) is 5.73 Å². The fraction of sp³-hybridized carbons (Fsp3) is 0.357. The van der Waals surface area contributed by atoms with E-state index >= 15 is 0 Å². The SMILES string of the molecule is Cc1nc(-c2cccs2)sc1C(=O)N1CCC(C(N)=O)C1. The fourth-order valence-electron chi connectivity index (χ4n) is 2.42. The first-order chi connectivity index (χ1) is 10.1. The van der Waals surface area contributed by atoms with Crippen LogP contribution in [-0.4, -0.2) is 34.8 Å². The molecule has 110 valence electrons. The van der Waals surface area contributed by atoms with Crippen molar-refractivity contribution in [2.24, 2.45) is 11.7 Å². The number of aromatic nitrogens is 1. The van der Waals surface area contributed by atoms with Gasteiger partial charge in [-0.2, -0.15) is 0 Å². The van der Waals surface area contributed by atoms with Gasteiger partial charge in [0.15, 0.2) is 0 Å². The van der Waals surface area contributed by atoms with E-state index in [0.29, 0.717) is 24.4 Å². The summed E-state index contributed by atoms with van der Waals surface area (Å²) in [7, 11) is 0. The maximum Gasteiger partial charge on any atom is 0.265 e. The van der Waals surface area contributed by atoms with Crippen LogP contribution < -0.4 is 5.73 Å². The Morgan fingerprint density at radius 1 is 1.48 bits per heavy atom. The van der Waals surface area contributed by atoms with Gasteiger partial charge in [-0.3, -0.25) is 9.59 Å². The molecule has 21 heavy (non-hydrogen) atoms. The highest BCUT2D eigenvalue weighted by atomic mass is 32.1. The Morgan fingerprint density at radius 2 is 2.29 bits per heavy atom. The Hall–Kier alpha value is -1.73. The van der Waals surface area contributed by atoms with Crippen molar-refractivity contribution >= 4 is 34.5 Å². The molecule has 1 aliphatic rings. The largest absolute Gasteiger partial charge is 0.369 e. The summed E-state index contributed by atoms with van der Waals surface area (Å²) >= 11 is 3.02. The lowest BCUT2D eigenvalue weighted by Crippen LogP contribution is -2.31. The van der Waals surface area contributed by atoms with Gasteiger partial charge < -0.3 is 10.6 Å². The number of amides is 2. The third-order valence-corrected chi connectivity index (χ3v) is 5.79. The summed E-state index contributed by atoms with van der Waals surface area (Å²) in [5.74, 6) is -0.596. The number of likely N-dealkylation sites (tertiary alicyclic amines) is 1. The van der Waals surface area contributed by atoms with Crippen LogP contribution in [0.2, 0.25) is 0 Å². The second-order valence-corrected chi connectivity index (χ2v) is 7.00. The normalized spacial score (nSPS) is 18.1. The first-order valence-electron chi connectivity index (χ1n) is 6.66. The molecule has 1 saturated heterocycles. The van der Waals surface area contributed by atoms with Gasteiger partial charge in [-0.1, -0.05) is 6.07 Å². The van der Waals surface area contributed by atoms with Gasteiger partial charge in [0.1, 0.15) is 9.88 Å². The first kappa shape index (κ1) is 14.2. The molecule has 3 rings (SSSR count). The van der Waals surface area contributed by atoms with Crippen molar-refractivity contribution in [1.82, 2.24) is 9.88 Å². The van der Waals surface area contributed by atoms with Crippen LogP contribution in [0.5, 0.6) is 0 Å². The Bertz CT molecular complexity index is 678. The highest BCUT2D eigenvalue weighted by molar-refractivity contribution is 7.22. The number of rotatable bonds is 3. The number of hydrogen-bond donors (Lipinski definition) is 1. The molecule has 3 heterocycles. The maximum atomic E-state index is 12.6. The van der Waals surface area contributed by atoms with Crippen molar-refractivity contribution in [2.75, 3.05) is 13.1 Å². The molecular weight excluding hydrogens is 306 g/mol. The molecule has 1 aliphatic heterocycles. The molecule has 2 aromatic heterocycles. The molecule has 2 amide bonds. The van der Waals surface area contributed by atoms with Crippen LogP contribution in [-0.2, 0) is 4.79 Å². The van der Waals surface area contributed by atoms with Gasteiger partial charge in [-0.25, -0.2) is 4.98 Å². The van der Waals surface area contributed by atoms with Crippen molar-refractivity contribution in [3.8, 4) is 9.88 Å². The van der Waals surface area contributed by atoms with Gasteiger partial charge in [0.2, 0.25) is 5.91 Å². The predicted octanol–water partition coefficient (Wildman–Crippen LogP) is 2.13. The lowest BCUT2D eigenvalue weighted by atomic mass is 10.1. The maximum absolute atomic E-state index is 12.6. The number of hydrogen-bond acceptors (Lipinski definition) is 5. The van der Waals surface area contributed by atoms with Crippen LogP contribution in [0, 0.1) is 12.8 Å². The molecule has 1 fully saturated rings. The number of nitrogens with zero attached hydrogens (tertiary/aromatic N) is 2. The molecule has 0 spiro atoms. The van der Waals surface area contributed by atoms with Crippen LogP contribution >= 0.6 is 22.7 Å². The highest BCUT2D eigenvalue weighted by Gasteiger charge is 2.31. The molecule has 0 radical (unpaired) electrons. The topological polar surface area (TPSA) is 76.3 Å². The van der Waals surface area contributed by atoms with Crippen LogP contribution in [0.1, 0.15) is 21.8 Å². The Labute approximate surface area is 130 Å². The van der Waals surface area contributed by atoms with E-state index < -0.39 is 0 Å². The van der Waals surface area contributed by atoms with Gasteiger partial charge in [0.05, 0.1) is 16.5 Å². The van der Waals surface area contributed by atoms with E-state index in [0.717, 1.165) is 15.6 Å². The highest BCUT2D eigenvalue weighted by Crippen LogP contribution is 2.32. The third-order valence-electron chi connectivity index (χ3n) is 3.60. The molecule has 1 atom stereocenters. The second kappa shape index (κ2) is 5.57. The fourth-order valence-corrected chi connectivity index (χ4v) is 4.25. The summed E-state index contributed by atoms with van der Waals surface area (Å²) in [6.45, 7) is 2.85. The smallest absolute Gasteiger partial charge is 0.265 e. The van der Waals surface area contributed by atoms with Crippen molar-refractivity contribution in [3.05, 3.63) is 28.1 Å². The average Bonchev–Trinajstić information content (AvgIpc) is 3.18. The number of aryl methyl sites for hydroxylation is 1. The summed E-state index contributed by atoms with van der Waals surface area (Å²) in [4.78, 5) is 31.7. The number of primary amides is 1. The summed E-state index contributed by atoms with van der Waals surface area (Å²) in [5, 5.41) is 2.86. The monoisotopic (exact) mass is 321 g/mol. The van der Waals surface area contributed by atoms with Crippen molar-refractivity contribution in [1.29, 1.82) is 0 Å². The minimum atomic E-state index is -0.328. The summed E-state index contributed by atoms with van der Waals surface area (Å²) in [5.41, 5.74) is 6.06. The van der Waals surface area contributed by atoms with E-state index in [1.807, 2.05) is 24.4 Å². The minimum absolute atomic E-state index is 0.0449. The zero-order valence-electron chi connectivity index (χ0n) is 11.5. The third kappa shape index (κ3) is 2.71. The molecule has 0 bridgehead atoms. The van der Waals surface area contributed by atoms with Crippen LogP contribution in [0.4, 0.5) is 0 Å². The van der Waals surface area contributed by atoms with Gasteiger partial charge >= 0.3 is 0 Å². The molecule has 7 heteroatoms. The van der Waals surface area contributed by atoms with E-state index in [1.54, 1.807) is 16.2 Å². The molecular formula is C14H15N3O2S2.